The van der Waals surface area contributed by atoms with Crippen LogP contribution in [0, 0.1) is 5.82 Å². The van der Waals surface area contributed by atoms with Crippen molar-refractivity contribution in [3.05, 3.63) is 53.8 Å². The highest BCUT2D eigenvalue weighted by molar-refractivity contribution is 5.64. The van der Waals surface area contributed by atoms with E-state index in [1.54, 1.807) is 24.3 Å². The van der Waals surface area contributed by atoms with E-state index in [9.17, 15) is 17.6 Å². The topological polar surface area (TPSA) is 29.5 Å². The van der Waals surface area contributed by atoms with Crippen molar-refractivity contribution in [2.75, 3.05) is 0 Å². The molecular weight excluding hydrogens is 276 g/mol. The number of hydrogen-bond donors (Lipinski definition) is 1. The average molecular weight is 286 g/mol. The lowest BCUT2D eigenvalue weighted by atomic mass is 10.0. The van der Waals surface area contributed by atoms with E-state index >= 15 is 0 Å². The lowest BCUT2D eigenvalue weighted by Gasteiger charge is -2.10. The number of halogens is 4. The molecule has 0 spiro atoms. The third-order valence-corrected chi connectivity index (χ3v) is 2.63. The Hall–Kier alpha value is -2.08. The fraction of sp³-hybridized carbons (Fsp3) is 0.143. The lowest BCUT2D eigenvalue weighted by Crippen LogP contribution is -2.17. The molecule has 0 unspecified atom stereocenters. The van der Waals surface area contributed by atoms with Crippen molar-refractivity contribution in [3.63, 3.8) is 0 Å². The van der Waals surface area contributed by atoms with Gasteiger partial charge in [-0.15, -0.1) is 13.2 Å². The zero-order chi connectivity index (χ0) is 14.8. The van der Waals surface area contributed by atoms with Gasteiger partial charge in [0.15, 0.2) is 11.6 Å². The molecule has 2 aromatic carbocycles. The summed E-state index contributed by atoms with van der Waals surface area (Å²) in [5.41, 5.74) is 1.73. The van der Waals surface area contributed by atoms with Gasteiger partial charge in [-0.2, -0.15) is 0 Å². The van der Waals surface area contributed by atoms with Crippen LogP contribution < -0.4 is 4.74 Å². The molecule has 0 aliphatic carbocycles. The monoisotopic (exact) mass is 286 g/mol. The van der Waals surface area contributed by atoms with E-state index in [-0.39, 0.29) is 6.61 Å². The molecule has 2 rings (SSSR count). The number of aliphatic hydroxyl groups is 1. The Morgan fingerprint density at radius 2 is 1.55 bits per heavy atom. The van der Waals surface area contributed by atoms with Crippen molar-refractivity contribution in [3.8, 4) is 16.9 Å². The maximum Gasteiger partial charge on any atom is 0.573 e. The Morgan fingerprint density at radius 1 is 0.950 bits per heavy atom. The van der Waals surface area contributed by atoms with Crippen LogP contribution in [-0.2, 0) is 6.61 Å². The van der Waals surface area contributed by atoms with Gasteiger partial charge in [0.1, 0.15) is 0 Å². The predicted octanol–water partition coefficient (Wildman–Crippen LogP) is 3.88. The molecule has 0 aliphatic rings. The maximum absolute atomic E-state index is 13.5. The van der Waals surface area contributed by atoms with Gasteiger partial charge in [-0.05, 0) is 28.8 Å². The van der Waals surface area contributed by atoms with E-state index in [1.807, 2.05) is 0 Å². The second-order valence-electron chi connectivity index (χ2n) is 4.05. The molecule has 106 valence electrons. The van der Waals surface area contributed by atoms with Crippen LogP contribution in [0.3, 0.4) is 0 Å². The third-order valence-electron chi connectivity index (χ3n) is 2.63. The zero-order valence-corrected chi connectivity index (χ0v) is 10.1. The van der Waals surface area contributed by atoms with Gasteiger partial charge >= 0.3 is 6.36 Å². The minimum atomic E-state index is -4.93. The second kappa shape index (κ2) is 5.50. The molecule has 0 aliphatic heterocycles. The lowest BCUT2D eigenvalue weighted by molar-refractivity contribution is -0.275. The summed E-state index contributed by atoms with van der Waals surface area (Å²) in [7, 11) is 0. The Morgan fingerprint density at radius 3 is 2.05 bits per heavy atom. The van der Waals surface area contributed by atoms with Gasteiger partial charge in [0.2, 0.25) is 0 Å². The van der Waals surface area contributed by atoms with Crippen LogP contribution >= 0.6 is 0 Å². The van der Waals surface area contributed by atoms with Crippen molar-refractivity contribution in [1.82, 2.24) is 0 Å². The molecule has 0 atom stereocenters. The highest BCUT2D eigenvalue weighted by atomic mass is 19.4. The summed E-state index contributed by atoms with van der Waals surface area (Å²) in [6.45, 7) is -0.118. The zero-order valence-electron chi connectivity index (χ0n) is 10.1. The fourth-order valence-corrected chi connectivity index (χ4v) is 1.69. The number of rotatable bonds is 3. The highest BCUT2D eigenvalue weighted by Crippen LogP contribution is 2.29. The van der Waals surface area contributed by atoms with Crippen LogP contribution in [-0.4, -0.2) is 11.5 Å². The minimum absolute atomic E-state index is 0.118. The Balaban J connectivity index is 2.28. The summed E-state index contributed by atoms with van der Waals surface area (Å²) in [5.74, 6) is -1.96. The largest absolute Gasteiger partial charge is 0.573 e. The van der Waals surface area contributed by atoms with Crippen LogP contribution in [0.5, 0.6) is 5.75 Å². The molecule has 0 amide bonds. The predicted molar refractivity (Wildman–Crippen MR) is 64.4 cm³/mol. The van der Waals surface area contributed by atoms with Crippen LogP contribution in [0.1, 0.15) is 5.56 Å². The Bertz CT molecular complexity index is 591. The van der Waals surface area contributed by atoms with E-state index < -0.39 is 17.9 Å². The Kier molecular flexibility index (Phi) is 3.94. The summed E-state index contributed by atoms with van der Waals surface area (Å²) in [6.07, 6.45) is -4.93. The molecule has 6 heteroatoms. The van der Waals surface area contributed by atoms with Crippen molar-refractivity contribution in [2.45, 2.75) is 13.0 Å². The van der Waals surface area contributed by atoms with Crippen LogP contribution in [0.15, 0.2) is 42.5 Å². The fourth-order valence-electron chi connectivity index (χ4n) is 1.69. The van der Waals surface area contributed by atoms with Crippen molar-refractivity contribution < 1.29 is 27.4 Å². The SMILES string of the molecule is OCc1ccc(-c2ccc(OC(F)(F)F)c(F)c2)cc1. The summed E-state index contributed by atoms with van der Waals surface area (Å²) in [4.78, 5) is 0. The molecule has 0 saturated carbocycles. The molecule has 2 nitrogen and oxygen atoms in total. The summed E-state index contributed by atoms with van der Waals surface area (Å²) in [6, 6.07) is 9.81. The average Bonchev–Trinajstić information content (AvgIpc) is 2.40. The van der Waals surface area contributed by atoms with E-state index in [1.165, 1.54) is 6.07 Å². The van der Waals surface area contributed by atoms with Gasteiger partial charge < -0.3 is 9.84 Å². The maximum atomic E-state index is 13.5. The van der Waals surface area contributed by atoms with Gasteiger partial charge in [0.25, 0.3) is 0 Å². The molecule has 0 radical (unpaired) electrons. The molecule has 0 aromatic heterocycles. The highest BCUT2D eigenvalue weighted by Gasteiger charge is 2.32. The molecule has 0 saturated heterocycles. The first-order valence-electron chi connectivity index (χ1n) is 5.64. The molecule has 1 N–H and O–H groups in total. The van der Waals surface area contributed by atoms with E-state index in [2.05, 4.69) is 4.74 Å². The van der Waals surface area contributed by atoms with Crippen LogP contribution in [0.25, 0.3) is 11.1 Å². The van der Waals surface area contributed by atoms with E-state index in [0.717, 1.165) is 12.1 Å². The number of aliphatic hydroxyl groups excluding tert-OH is 1. The van der Waals surface area contributed by atoms with Crippen molar-refractivity contribution in [1.29, 1.82) is 0 Å². The van der Waals surface area contributed by atoms with Crippen LogP contribution in [0.2, 0.25) is 0 Å². The van der Waals surface area contributed by atoms with Gasteiger partial charge in [0, 0.05) is 0 Å². The van der Waals surface area contributed by atoms with E-state index in [0.29, 0.717) is 16.7 Å². The molecule has 2 aromatic rings. The molecule has 0 heterocycles. The normalized spacial score (nSPS) is 11.4. The van der Waals surface area contributed by atoms with Gasteiger partial charge in [0.05, 0.1) is 6.61 Å². The Labute approximate surface area is 112 Å². The number of ether oxygens (including phenoxy) is 1. The summed E-state index contributed by atoms with van der Waals surface area (Å²) >= 11 is 0. The molecular formula is C14H10F4O2. The first kappa shape index (κ1) is 14.3. The van der Waals surface area contributed by atoms with Gasteiger partial charge in [-0.25, -0.2) is 4.39 Å². The quantitative estimate of drug-likeness (QED) is 0.868. The van der Waals surface area contributed by atoms with Crippen molar-refractivity contribution >= 4 is 0 Å². The number of alkyl halides is 3. The summed E-state index contributed by atoms with van der Waals surface area (Å²) < 4.78 is 53.1. The molecule has 0 bridgehead atoms. The summed E-state index contributed by atoms with van der Waals surface area (Å²) in [5, 5.41) is 8.90. The van der Waals surface area contributed by atoms with E-state index in [4.69, 9.17) is 5.11 Å². The smallest absolute Gasteiger partial charge is 0.403 e. The first-order valence-corrected chi connectivity index (χ1v) is 5.64. The standard InChI is InChI=1S/C14H10F4O2/c15-12-7-11(5-6-13(12)20-14(16,17)18)10-3-1-9(8-19)2-4-10/h1-7,19H,8H2. The third kappa shape index (κ3) is 3.48. The van der Waals surface area contributed by atoms with Crippen molar-refractivity contribution in [2.24, 2.45) is 0 Å². The number of hydrogen-bond acceptors (Lipinski definition) is 2. The molecule has 20 heavy (non-hydrogen) atoms. The number of benzene rings is 2. The minimum Gasteiger partial charge on any atom is -0.403 e. The second-order valence-corrected chi connectivity index (χ2v) is 4.05. The van der Waals surface area contributed by atoms with Crippen LogP contribution in [0.4, 0.5) is 17.6 Å². The first-order chi connectivity index (χ1) is 9.39. The molecule has 0 fully saturated rings. The van der Waals surface area contributed by atoms with Gasteiger partial charge in [-0.3, -0.25) is 0 Å². The van der Waals surface area contributed by atoms with Gasteiger partial charge in [-0.1, -0.05) is 30.3 Å².